The molecule has 126 valence electrons. The highest BCUT2D eigenvalue weighted by atomic mass is 127. The molecule has 0 radical (unpaired) electrons. The Balaban J connectivity index is 0.00000400. The highest BCUT2D eigenvalue weighted by Gasteiger charge is 2.36. The molecule has 1 aliphatic carbocycles. The van der Waals surface area contributed by atoms with Gasteiger partial charge in [-0.05, 0) is 38.8 Å². The molecule has 2 unspecified atom stereocenters. The van der Waals surface area contributed by atoms with E-state index in [4.69, 9.17) is 0 Å². The molecule has 21 heavy (non-hydrogen) atoms. The van der Waals surface area contributed by atoms with E-state index in [0.29, 0.717) is 5.92 Å². The van der Waals surface area contributed by atoms with Gasteiger partial charge in [-0.15, -0.1) is 24.0 Å². The fraction of sp³-hybridized carbons (Fsp3) is 0.938. The van der Waals surface area contributed by atoms with E-state index >= 15 is 0 Å². The van der Waals surface area contributed by atoms with Crippen LogP contribution in [-0.4, -0.2) is 50.6 Å². The molecule has 2 N–H and O–H groups in total. The number of guanidine groups is 1. The molecule has 0 bridgehead atoms. The molecule has 1 rings (SSSR count). The number of hydrogen-bond acceptors (Lipinski definition) is 2. The predicted octanol–water partition coefficient (Wildman–Crippen LogP) is 2.94. The van der Waals surface area contributed by atoms with Gasteiger partial charge in [0.25, 0.3) is 0 Å². The van der Waals surface area contributed by atoms with Gasteiger partial charge in [0, 0.05) is 25.7 Å². The Kier molecular flexibility index (Phi) is 9.85. The predicted molar refractivity (Wildman–Crippen MR) is 104 cm³/mol. The van der Waals surface area contributed by atoms with Gasteiger partial charge in [0.05, 0.1) is 0 Å². The van der Waals surface area contributed by atoms with Gasteiger partial charge in [-0.1, -0.05) is 33.6 Å². The Hall–Kier alpha value is -0.0400. The molecule has 1 saturated carbocycles. The topological polar surface area (TPSA) is 39.7 Å². The Morgan fingerprint density at radius 2 is 2.00 bits per heavy atom. The van der Waals surface area contributed by atoms with Gasteiger partial charge in [0.1, 0.15) is 0 Å². The molecule has 2 atom stereocenters. The highest BCUT2D eigenvalue weighted by molar-refractivity contribution is 14.0. The van der Waals surface area contributed by atoms with Gasteiger partial charge < -0.3 is 15.5 Å². The summed E-state index contributed by atoms with van der Waals surface area (Å²) in [4.78, 5) is 6.74. The van der Waals surface area contributed by atoms with Crippen LogP contribution in [0.15, 0.2) is 4.99 Å². The maximum Gasteiger partial charge on any atom is 0.191 e. The Morgan fingerprint density at radius 3 is 2.48 bits per heavy atom. The summed E-state index contributed by atoms with van der Waals surface area (Å²) < 4.78 is 0. The maximum absolute atomic E-state index is 4.33. The monoisotopic (exact) mass is 410 g/mol. The van der Waals surface area contributed by atoms with Crippen LogP contribution in [0.4, 0.5) is 0 Å². The summed E-state index contributed by atoms with van der Waals surface area (Å²) in [6, 6.07) is 0. The van der Waals surface area contributed by atoms with Gasteiger partial charge in [-0.2, -0.15) is 0 Å². The lowest BCUT2D eigenvalue weighted by molar-refractivity contribution is 0.0795. The third-order valence-electron chi connectivity index (χ3n) is 4.50. The van der Waals surface area contributed by atoms with Crippen molar-refractivity contribution in [1.29, 1.82) is 0 Å². The van der Waals surface area contributed by atoms with Crippen LogP contribution in [-0.2, 0) is 0 Å². The second-order valence-electron chi connectivity index (χ2n) is 7.02. The molecule has 0 aromatic carbocycles. The highest BCUT2D eigenvalue weighted by Crippen LogP contribution is 2.35. The zero-order chi connectivity index (χ0) is 15.2. The van der Waals surface area contributed by atoms with Crippen LogP contribution in [0.2, 0.25) is 0 Å². The zero-order valence-electron chi connectivity index (χ0n) is 14.7. The molecule has 5 heteroatoms. The lowest BCUT2D eigenvalue weighted by Crippen LogP contribution is -2.56. The molecule has 0 amide bonds. The minimum absolute atomic E-state index is 0. The number of nitrogens with one attached hydrogen (secondary N) is 2. The smallest absolute Gasteiger partial charge is 0.191 e. The van der Waals surface area contributed by atoms with Crippen molar-refractivity contribution in [2.24, 2.45) is 16.8 Å². The molecule has 1 aliphatic rings. The first-order chi connectivity index (χ1) is 9.39. The van der Waals surface area contributed by atoms with E-state index in [1.165, 1.54) is 25.7 Å². The Labute approximate surface area is 148 Å². The van der Waals surface area contributed by atoms with Crippen molar-refractivity contribution in [3.8, 4) is 0 Å². The minimum Gasteiger partial charge on any atom is -0.356 e. The third-order valence-corrected chi connectivity index (χ3v) is 4.50. The summed E-state index contributed by atoms with van der Waals surface area (Å²) in [7, 11) is 6.27. The van der Waals surface area contributed by atoms with Gasteiger partial charge in [0.15, 0.2) is 5.96 Å². The molecule has 0 heterocycles. The number of rotatable bonds is 5. The van der Waals surface area contributed by atoms with Gasteiger partial charge in [-0.25, -0.2) is 0 Å². The van der Waals surface area contributed by atoms with Gasteiger partial charge in [0.2, 0.25) is 0 Å². The third kappa shape index (κ3) is 6.72. The fourth-order valence-corrected chi connectivity index (χ4v) is 3.13. The van der Waals surface area contributed by atoms with E-state index < -0.39 is 0 Å². The fourth-order valence-electron chi connectivity index (χ4n) is 3.13. The van der Waals surface area contributed by atoms with Crippen molar-refractivity contribution >= 4 is 29.9 Å². The van der Waals surface area contributed by atoms with E-state index in [-0.39, 0.29) is 29.5 Å². The summed E-state index contributed by atoms with van der Waals surface area (Å²) in [6.07, 6.45) is 5.25. The number of halogens is 1. The number of likely N-dealkylation sites (N-methyl/N-ethyl adjacent to an activating group) is 1. The van der Waals surface area contributed by atoms with Crippen molar-refractivity contribution in [1.82, 2.24) is 15.5 Å². The number of aliphatic imine (C=N–C) groups is 1. The molecule has 4 nitrogen and oxygen atoms in total. The van der Waals surface area contributed by atoms with Crippen LogP contribution in [0.3, 0.4) is 0 Å². The van der Waals surface area contributed by atoms with Crippen LogP contribution in [0.25, 0.3) is 0 Å². The van der Waals surface area contributed by atoms with Crippen molar-refractivity contribution in [3.63, 3.8) is 0 Å². The Bertz CT molecular complexity index is 317. The van der Waals surface area contributed by atoms with Crippen LogP contribution in [0.1, 0.15) is 46.5 Å². The Morgan fingerprint density at radius 1 is 1.33 bits per heavy atom. The quantitative estimate of drug-likeness (QED) is 0.416. The van der Waals surface area contributed by atoms with Crippen molar-refractivity contribution in [3.05, 3.63) is 0 Å². The molecule has 0 saturated heterocycles. The molecule has 0 spiro atoms. The molecule has 0 aromatic rings. The average Bonchev–Trinajstić information content (AvgIpc) is 2.38. The van der Waals surface area contributed by atoms with Crippen LogP contribution in [0.5, 0.6) is 0 Å². The number of nitrogens with zero attached hydrogens (tertiary/aromatic N) is 2. The van der Waals surface area contributed by atoms with Crippen LogP contribution in [0, 0.1) is 11.8 Å². The van der Waals surface area contributed by atoms with Gasteiger partial charge >= 0.3 is 0 Å². The van der Waals surface area contributed by atoms with Crippen molar-refractivity contribution < 1.29 is 0 Å². The van der Waals surface area contributed by atoms with Crippen LogP contribution < -0.4 is 10.6 Å². The molecule has 1 fully saturated rings. The SMILES string of the molecule is CN=C(NCC(C)C)NCC1(N(C)C)CCCC(C)C1.I. The average molecular weight is 410 g/mol. The largest absolute Gasteiger partial charge is 0.356 e. The molecular weight excluding hydrogens is 375 g/mol. The van der Waals surface area contributed by atoms with Crippen molar-refractivity contribution in [2.75, 3.05) is 34.2 Å². The molecule has 0 aromatic heterocycles. The zero-order valence-corrected chi connectivity index (χ0v) is 17.0. The summed E-state index contributed by atoms with van der Waals surface area (Å²) in [5.41, 5.74) is 0.271. The first kappa shape index (κ1) is 21.0. The van der Waals surface area contributed by atoms with Gasteiger partial charge in [-0.3, -0.25) is 4.99 Å². The molecule has 0 aliphatic heterocycles. The van der Waals surface area contributed by atoms with Crippen LogP contribution >= 0.6 is 24.0 Å². The van der Waals surface area contributed by atoms with E-state index in [9.17, 15) is 0 Å². The lowest BCUT2D eigenvalue weighted by atomic mass is 9.75. The minimum atomic E-state index is 0. The van der Waals surface area contributed by atoms with Crippen molar-refractivity contribution in [2.45, 2.75) is 52.0 Å². The summed E-state index contributed by atoms with van der Waals surface area (Å²) in [5.74, 6) is 2.38. The van der Waals surface area contributed by atoms with E-state index in [2.05, 4.69) is 55.4 Å². The normalized spacial score (nSPS) is 26.7. The second-order valence-corrected chi connectivity index (χ2v) is 7.02. The summed E-state index contributed by atoms with van der Waals surface area (Å²) in [6.45, 7) is 8.74. The maximum atomic E-state index is 4.33. The number of hydrogen-bond donors (Lipinski definition) is 2. The summed E-state index contributed by atoms with van der Waals surface area (Å²) >= 11 is 0. The van der Waals surface area contributed by atoms with E-state index in [0.717, 1.165) is 25.0 Å². The molecular formula is C16H35IN4. The first-order valence-electron chi connectivity index (χ1n) is 8.01. The van der Waals surface area contributed by atoms with E-state index in [1.807, 2.05) is 7.05 Å². The second kappa shape index (κ2) is 9.87. The van der Waals surface area contributed by atoms with E-state index in [1.54, 1.807) is 0 Å². The standard InChI is InChI=1S/C16H34N4.HI/c1-13(2)11-18-15(17-4)19-12-16(20(5)6)9-7-8-14(3)10-16;/h13-14H,7-12H2,1-6H3,(H2,17,18,19);1H. The first-order valence-corrected chi connectivity index (χ1v) is 8.01. The lowest BCUT2D eigenvalue weighted by Gasteiger charge is -2.45. The summed E-state index contributed by atoms with van der Waals surface area (Å²) in [5, 5.41) is 6.93.